The molecule has 0 unspecified atom stereocenters. The van der Waals surface area contributed by atoms with Crippen LogP contribution < -0.4 is 14.2 Å². The van der Waals surface area contributed by atoms with Crippen LogP contribution in [0.5, 0.6) is 17.2 Å². The Balaban J connectivity index is 1.72. The summed E-state index contributed by atoms with van der Waals surface area (Å²) in [5.41, 5.74) is 0.374. The summed E-state index contributed by atoms with van der Waals surface area (Å²) in [4.78, 5) is 0. The van der Waals surface area contributed by atoms with Gasteiger partial charge in [-0.15, -0.1) is 0 Å². The highest BCUT2D eigenvalue weighted by Gasteiger charge is 2.30. The van der Waals surface area contributed by atoms with Crippen LogP contribution in [-0.4, -0.2) is 20.3 Å². The lowest BCUT2D eigenvalue weighted by Gasteiger charge is -2.12. The normalized spacial score (nSPS) is 11.2. The van der Waals surface area contributed by atoms with Gasteiger partial charge in [-0.25, -0.2) is 0 Å². The van der Waals surface area contributed by atoms with Crippen LogP contribution in [0.4, 0.5) is 13.2 Å². The minimum absolute atomic E-state index is 0.218. The van der Waals surface area contributed by atoms with Crippen LogP contribution in [0.25, 0.3) is 0 Å². The van der Waals surface area contributed by atoms with E-state index in [1.54, 1.807) is 7.11 Å². The van der Waals surface area contributed by atoms with Gasteiger partial charge in [0.2, 0.25) is 0 Å². The fourth-order valence-corrected chi connectivity index (χ4v) is 2.23. The number of aryl methyl sites for hydroxylation is 1. The van der Waals surface area contributed by atoms with Crippen molar-refractivity contribution in [2.24, 2.45) is 0 Å². The van der Waals surface area contributed by atoms with Crippen LogP contribution in [0, 0.1) is 6.92 Å². The van der Waals surface area contributed by atoms with E-state index in [4.69, 9.17) is 14.2 Å². The molecule has 0 fully saturated rings. The third-order valence-electron chi connectivity index (χ3n) is 3.55. The SMILES string of the molecule is COc1cc(C)ccc1OCCCCOc1cccc(C(F)(F)F)c1. The number of rotatable bonds is 8. The Morgan fingerprint density at radius 2 is 1.60 bits per heavy atom. The second kappa shape index (κ2) is 8.65. The Morgan fingerprint density at radius 1 is 0.880 bits per heavy atom. The van der Waals surface area contributed by atoms with Crippen molar-refractivity contribution < 1.29 is 27.4 Å². The molecule has 0 spiro atoms. The van der Waals surface area contributed by atoms with Crippen molar-refractivity contribution in [1.82, 2.24) is 0 Å². The molecule has 0 aromatic heterocycles. The molecule has 2 aromatic rings. The molecule has 0 bridgehead atoms. The summed E-state index contributed by atoms with van der Waals surface area (Å²) in [5.74, 6) is 1.57. The first-order valence-electron chi connectivity index (χ1n) is 7.97. The van der Waals surface area contributed by atoms with Crippen molar-refractivity contribution in [1.29, 1.82) is 0 Å². The zero-order chi connectivity index (χ0) is 18.3. The first-order valence-corrected chi connectivity index (χ1v) is 7.97. The third kappa shape index (κ3) is 5.89. The lowest BCUT2D eigenvalue weighted by molar-refractivity contribution is -0.137. The standard InChI is InChI=1S/C19H21F3O3/c1-14-8-9-17(18(12-14)23-2)25-11-4-3-10-24-16-7-5-6-15(13-16)19(20,21)22/h5-9,12-13H,3-4,10-11H2,1-2H3. The van der Waals surface area contributed by atoms with E-state index in [-0.39, 0.29) is 5.75 Å². The lowest BCUT2D eigenvalue weighted by Crippen LogP contribution is -2.06. The highest BCUT2D eigenvalue weighted by atomic mass is 19.4. The second-order valence-electron chi connectivity index (χ2n) is 5.58. The van der Waals surface area contributed by atoms with E-state index in [1.165, 1.54) is 12.1 Å². The molecule has 0 amide bonds. The molecule has 136 valence electrons. The molecule has 0 saturated carbocycles. The Morgan fingerprint density at radius 3 is 2.28 bits per heavy atom. The number of hydrogen-bond acceptors (Lipinski definition) is 3. The number of ether oxygens (including phenoxy) is 3. The summed E-state index contributed by atoms with van der Waals surface area (Å²) in [5, 5.41) is 0. The topological polar surface area (TPSA) is 27.7 Å². The van der Waals surface area contributed by atoms with Crippen molar-refractivity contribution in [2.45, 2.75) is 25.9 Å². The first-order chi connectivity index (χ1) is 11.9. The van der Waals surface area contributed by atoms with Crippen molar-refractivity contribution in [3.63, 3.8) is 0 Å². The second-order valence-corrected chi connectivity index (χ2v) is 5.58. The van der Waals surface area contributed by atoms with Crippen LogP contribution in [0.3, 0.4) is 0 Å². The Labute approximate surface area is 145 Å². The largest absolute Gasteiger partial charge is 0.494 e. The summed E-state index contributed by atoms with van der Waals surface area (Å²) in [7, 11) is 1.59. The fraction of sp³-hybridized carbons (Fsp3) is 0.368. The maximum atomic E-state index is 12.6. The van der Waals surface area contributed by atoms with Gasteiger partial charge in [-0.3, -0.25) is 0 Å². The predicted molar refractivity (Wildman–Crippen MR) is 89.4 cm³/mol. The van der Waals surface area contributed by atoms with Gasteiger partial charge in [-0.1, -0.05) is 12.1 Å². The third-order valence-corrected chi connectivity index (χ3v) is 3.55. The van der Waals surface area contributed by atoms with E-state index in [9.17, 15) is 13.2 Å². The van der Waals surface area contributed by atoms with Gasteiger partial charge in [0.1, 0.15) is 5.75 Å². The number of hydrogen-bond donors (Lipinski definition) is 0. The predicted octanol–water partition coefficient (Wildman–Crippen LogP) is 5.26. The average Bonchev–Trinajstić information content (AvgIpc) is 2.58. The van der Waals surface area contributed by atoms with E-state index in [0.717, 1.165) is 24.1 Å². The first kappa shape index (κ1) is 19.0. The van der Waals surface area contributed by atoms with Crippen LogP contribution in [-0.2, 0) is 6.18 Å². The van der Waals surface area contributed by atoms with Gasteiger partial charge in [-0.2, -0.15) is 13.2 Å². The molecule has 0 heterocycles. The molecule has 0 N–H and O–H groups in total. The maximum absolute atomic E-state index is 12.6. The van der Waals surface area contributed by atoms with E-state index in [0.29, 0.717) is 31.1 Å². The van der Waals surface area contributed by atoms with E-state index >= 15 is 0 Å². The Hall–Kier alpha value is -2.37. The molecule has 0 aliphatic carbocycles. The van der Waals surface area contributed by atoms with E-state index in [1.807, 2.05) is 25.1 Å². The summed E-state index contributed by atoms with van der Waals surface area (Å²) in [6.07, 6.45) is -2.97. The van der Waals surface area contributed by atoms with Gasteiger partial charge in [0, 0.05) is 0 Å². The Kier molecular flexibility index (Phi) is 6.56. The zero-order valence-corrected chi connectivity index (χ0v) is 14.2. The molecule has 0 aliphatic rings. The molecule has 25 heavy (non-hydrogen) atoms. The van der Waals surface area contributed by atoms with Crippen LogP contribution >= 0.6 is 0 Å². The molecule has 0 saturated heterocycles. The monoisotopic (exact) mass is 354 g/mol. The van der Waals surface area contributed by atoms with Crippen molar-refractivity contribution in [3.8, 4) is 17.2 Å². The molecular formula is C19H21F3O3. The number of methoxy groups -OCH3 is 1. The van der Waals surface area contributed by atoms with Crippen molar-refractivity contribution in [3.05, 3.63) is 53.6 Å². The summed E-state index contributed by atoms with van der Waals surface area (Å²) in [6, 6.07) is 10.6. The minimum atomic E-state index is -4.36. The van der Waals surface area contributed by atoms with Crippen LogP contribution in [0.2, 0.25) is 0 Å². The maximum Gasteiger partial charge on any atom is 0.416 e. The number of unbranched alkanes of at least 4 members (excludes halogenated alkanes) is 1. The molecule has 6 heteroatoms. The van der Waals surface area contributed by atoms with Gasteiger partial charge in [0.05, 0.1) is 25.9 Å². The quantitative estimate of drug-likeness (QED) is 0.605. The summed E-state index contributed by atoms with van der Waals surface area (Å²) in [6.45, 7) is 2.78. The minimum Gasteiger partial charge on any atom is -0.494 e. The van der Waals surface area contributed by atoms with Gasteiger partial charge in [0.25, 0.3) is 0 Å². The molecule has 2 rings (SSSR count). The van der Waals surface area contributed by atoms with E-state index in [2.05, 4.69) is 0 Å². The highest BCUT2D eigenvalue weighted by molar-refractivity contribution is 5.42. The molecular weight excluding hydrogens is 333 g/mol. The zero-order valence-electron chi connectivity index (χ0n) is 14.2. The number of alkyl halides is 3. The van der Waals surface area contributed by atoms with Crippen LogP contribution in [0.1, 0.15) is 24.0 Å². The number of halogens is 3. The van der Waals surface area contributed by atoms with Crippen molar-refractivity contribution in [2.75, 3.05) is 20.3 Å². The number of benzene rings is 2. The molecule has 0 atom stereocenters. The molecule has 2 aromatic carbocycles. The smallest absolute Gasteiger partial charge is 0.416 e. The molecule has 3 nitrogen and oxygen atoms in total. The summed E-state index contributed by atoms with van der Waals surface area (Å²) < 4.78 is 54.2. The van der Waals surface area contributed by atoms with Gasteiger partial charge >= 0.3 is 6.18 Å². The average molecular weight is 354 g/mol. The van der Waals surface area contributed by atoms with E-state index < -0.39 is 11.7 Å². The van der Waals surface area contributed by atoms with Gasteiger partial charge in [-0.05, 0) is 55.7 Å². The molecule has 0 aliphatic heterocycles. The van der Waals surface area contributed by atoms with Gasteiger partial charge in [0.15, 0.2) is 11.5 Å². The van der Waals surface area contributed by atoms with Crippen LogP contribution in [0.15, 0.2) is 42.5 Å². The Bertz CT molecular complexity index is 684. The fourth-order valence-electron chi connectivity index (χ4n) is 2.23. The molecule has 0 radical (unpaired) electrons. The van der Waals surface area contributed by atoms with Gasteiger partial charge < -0.3 is 14.2 Å². The van der Waals surface area contributed by atoms with Crippen molar-refractivity contribution >= 4 is 0 Å². The lowest BCUT2D eigenvalue weighted by atomic mass is 10.2. The summed E-state index contributed by atoms with van der Waals surface area (Å²) >= 11 is 0. The highest BCUT2D eigenvalue weighted by Crippen LogP contribution is 2.31.